The number of halogens is 1. The molecule has 168 valence electrons. The number of nitrogens with one attached hydrogen (secondary N) is 2. The second kappa shape index (κ2) is 11.6. The van der Waals surface area contributed by atoms with E-state index in [0.717, 1.165) is 29.2 Å². The number of pyridine rings is 1. The zero-order valence-corrected chi connectivity index (χ0v) is 19.7. The molecule has 0 aliphatic heterocycles. The first kappa shape index (κ1) is 24.5. The molecule has 1 aromatic carbocycles. The zero-order chi connectivity index (χ0) is 22.9. The van der Waals surface area contributed by atoms with Gasteiger partial charge in [-0.05, 0) is 50.5 Å². The topological polar surface area (TPSA) is 78.9 Å². The van der Waals surface area contributed by atoms with E-state index in [1.807, 2.05) is 58.0 Å². The Morgan fingerprint density at radius 2 is 1.74 bits per heavy atom. The van der Waals surface area contributed by atoms with Gasteiger partial charge in [0.25, 0.3) is 0 Å². The summed E-state index contributed by atoms with van der Waals surface area (Å²) in [5, 5.41) is 7.04. The van der Waals surface area contributed by atoms with Crippen molar-refractivity contribution in [2.24, 2.45) is 4.99 Å². The molecule has 8 heteroatoms. The van der Waals surface area contributed by atoms with E-state index in [1.54, 1.807) is 24.2 Å². The largest absolute Gasteiger partial charge is 0.444 e. The molecule has 0 fully saturated rings. The smallest absolute Gasteiger partial charge is 0.410 e. The third kappa shape index (κ3) is 9.26. The molecule has 31 heavy (non-hydrogen) atoms. The third-order valence-corrected chi connectivity index (χ3v) is 4.38. The summed E-state index contributed by atoms with van der Waals surface area (Å²) < 4.78 is 5.39. The summed E-state index contributed by atoms with van der Waals surface area (Å²) in [7, 11) is 1.74. The van der Waals surface area contributed by atoms with Gasteiger partial charge >= 0.3 is 6.09 Å². The number of hydrogen-bond acceptors (Lipinski definition) is 4. The van der Waals surface area contributed by atoms with E-state index >= 15 is 0 Å². The van der Waals surface area contributed by atoms with Gasteiger partial charge in [0, 0.05) is 32.9 Å². The monoisotopic (exact) mass is 445 g/mol. The van der Waals surface area contributed by atoms with Crippen molar-refractivity contribution in [2.45, 2.75) is 52.9 Å². The second-order valence-electron chi connectivity index (χ2n) is 8.19. The number of benzene rings is 1. The van der Waals surface area contributed by atoms with Crippen LogP contribution in [0.4, 0.5) is 4.79 Å². The number of guanidine groups is 1. The molecule has 0 saturated heterocycles. The fourth-order valence-electron chi connectivity index (χ4n) is 2.64. The lowest BCUT2D eigenvalue weighted by Gasteiger charge is -2.24. The van der Waals surface area contributed by atoms with Crippen LogP contribution < -0.4 is 10.6 Å². The standard InChI is InChI=1S/C23H32ClN5O2/c1-6-25-21(28-15-19-11-12-20(24)26-14-19)27-13-17-7-9-18(10-8-17)16-29(5)22(30)31-23(2,3)4/h7-12,14H,6,13,15-16H2,1-5H3,(H2,25,27,28). The van der Waals surface area contributed by atoms with E-state index in [-0.39, 0.29) is 6.09 Å². The molecule has 0 unspecified atom stereocenters. The second-order valence-corrected chi connectivity index (χ2v) is 8.58. The normalized spacial score (nSPS) is 11.7. The first-order valence-electron chi connectivity index (χ1n) is 10.3. The molecule has 0 bridgehead atoms. The minimum absolute atomic E-state index is 0.333. The zero-order valence-electron chi connectivity index (χ0n) is 18.9. The summed E-state index contributed by atoms with van der Waals surface area (Å²) >= 11 is 5.82. The molecule has 1 amide bonds. The molecule has 2 rings (SSSR count). The van der Waals surface area contributed by atoms with E-state index < -0.39 is 5.60 Å². The van der Waals surface area contributed by atoms with E-state index in [2.05, 4.69) is 20.6 Å². The molecule has 0 saturated carbocycles. The highest BCUT2D eigenvalue weighted by molar-refractivity contribution is 6.29. The van der Waals surface area contributed by atoms with Gasteiger partial charge in [-0.25, -0.2) is 14.8 Å². The molecule has 0 aliphatic carbocycles. The van der Waals surface area contributed by atoms with Gasteiger partial charge in [-0.1, -0.05) is 41.9 Å². The van der Waals surface area contributed by atoms with Crippen LogP contribution in [-0.4, -0.2) is 41.1 Å². The van der Waals surface area contributed by atoms with Crippen molar-refractivity contribution in [1.29, 1.82) is 0 Å². The number of ether oxygens (including phenoxy) is 1. The van der Waals surface area contributed by atoms with E-state index in [9.17, 15) is 4.79 Å². The van der Waals surface area contributed by atoms with Crippen LogP contribution in [0.25, 0.3) is 0 Å². The average molecular weight is 446 g/mol. The van der Waals surface area contributed by atoms with Gasteiger partial charge < -0.3 is 20.3 Å². The highest BCUT2D eigenvalue weighted by atomic mass is 35.5. The van der Waals surface area contributed by atoms with Crippen molar-refractivity contribution in [3.05, 3.63) is 64.4 Å². The van der Waals surface area contributed by atoms with Crippen LogP contribution >= 0.6 is 11.6 Å². The molecule has 0 aliphatic rings. The minimum atomic E-state index is -0.503. The van der Waals surface area contributed by atoms with Gasteiger partial charge in [0.1, 0.15) is 10.8 Å². The first-order chi connectivity index (χ1) is 14.7. The van der Waals surface area contributed by atoms with Crippen molar-refractivity contribution in [2.75, 3.05) is 13.6 Å². The summed E-state index contributed by atoms with van der Waals surface area (Å²) in [6.07, 6.45) is 1.39. The number of hydrogen-bond donors (Lipinski definition) is 2. The van der Waals surface area contributed by atoms with Crippen molar-refractivity contribution in [1.82, 2.24) is 20.5 Å². The molecule has 7 nitrogen and oxygen atoms in total. The summed E-state index contributed by atoms with van der Waals surface area (Å²) in [6, 6.07) is 11.8. The first-order valence-corrected chi connectivity index (χ1v) is 10.7. The Hall–Kier alpha value is -2.80. The molecule has 1 heterocycles. The maximum atomic E-state index is 12.1. The summed E-state index contributed by atoms with van der Waals surface area (Å²) in [4.78, 5) is 22.3. The van der Waals surface area contributed by atoms with E-state index in [1.165, 1.54) is 0 Å². The number of aromatic nitrogens is 1. The van der Waals surface area contributed by atoms with Crippen molar-refractivity contribution >= 4 is 23.7 Å². The van der Waals surface area contributed by atoms with Gasteiger partial charge in [0.2, 0.25) is 0 Å². The summed E-state index contributed by atoms with van der Waals surface area (Å²) in [5.74, 6) is 0.728. The maximum absolute atomic E-state index is 12.1. The lowest BCUT2D eigenvalue weighted by molar-refractivity contribution is 0.0285. The predicted molar refractivity (Wildman–Crippen MR) is 125 cm³/mol. The van der Waals surface area contributed by atoms with Gasteiger partial charge in [-0.2, -0.15) is 0 Å². The van der Waals surface area contributed by atoms with Crippen LogP contribution in [0.3, 0.4) is 0 Å². The van der Waals surface area contributed by atoms with Crippen LogP contribution in [0.15, 0.2) is 47.6 Å². The molecule has 1 aromatic heterocycles. The van der Waals surface area contributed by atoms with Crippen molar-refractivity contribution in [3.63, 3.8) is 0 Å². The Kier molecular flexibility index (Phi) is 9.12. The Labute approximate surface area is 189 Å². The molecule has 2 N–H and O–H groups in total. The molecule has 0 atom stereocenters. The Balaban J connectivity index is 1.89. The highest BCUT2D eigenvalue weighted by Gasteiger charge is 2.19. The van der Waals surface area contributed by atoms with Crippen LogP contribution in [0.1, 0.15) is 44.4 Å². The van der Waals surface area contributed by atoms with Gasteiger partial charge in [0.15, 0.2) is 5.96 Å². The SMILES string of the molecule is CCNC(=NCc1ccc(Cl)nc1)NCc1ccc(CN(C)C(=O)OC(C)(C)C)cc1. The van der Waals surface area contributed by atoms with Crippen molar-refractivity contribution < 1.29 is 9.53 Å². The fourth-order valence-corrected chi connectivity index (χ4v) is 2.75. The third-order valence-electron chi connectivity index (χ3n) is 4.16. The number of nitrogens with zero attached hydrogens (tertiary/aromatic N) is 3. The number of amides is 1. The van der Waals surface area contributed by atoms with Crippen LogP contribution in [0, 0.1) is 0 Å². The number of aliphatic imine (C=N–C) groups is 1. The Morgan fingerprint density at radius 3 is 2.32 bits per heavy atom. The van der Waals surface area contributed by atoms with E-state index in [0.29, 0.717) is 24.8 Å². The van der Waals surface area contributed by atoms with Crippen LogP contribution in [0.2, 0.25) is 5.15 Å². The molecular formula is C23H32ClN5O2. The average Bonchev–Trinajstić information content (AvgIpc) is 2.71. The lowest BCUT2D eigenvalue weighted by atomic mass is 10.1. The molecule has 0 radical (unpaired) electrons. The maximum Gasteiger partial charge on any atom is 0.410 e. The quantitative estimate of drug-likeness (QED) is 0.376. The summed E-state index contributed by atoms with van der Waals surface area (Å²) in [5.41, 5.74) is 2.63. The summed E-state index contributed by atoms with van der Waals surface area (Å²) in [6.45, 7) is 10.00. The highest BCUT2D eigenvalue weighted by Crippen LogP contribution is 2.12. The fraction of sp³-hybridized carbons (Fsp3) is 0.435. The number of rotatable bonds is 7. The van der Waals surface area contributed by atoms with Crippen molar-refractivity contribution in [3.8, 4) is 0 Å². The molecule has 2 aromatic rings. The van der Waals surface area contributed by atoms with Gasteiger partial charge in [-0.3, -0.25) is 0 Å². The lowest BCUT2D eigenvalue weighted by Crippen LogP contribution is -2.36. The Morgan fingerprint density at radius 1 is 1.10 bits per heavy atom. The van der Waals surface area contributed by atoms with E-state index in [4.69, 9.17) is 16.3 Å². The predicted octanol–water partition coefficient (Wildman–Crippen LogP) is 4.36. The Bertz CT molecular complexity index is 861. The van der Waals surface area contributed by atoms with Gasteiger partial charge in [-0.15, -0.1) is 0 Å². The molecular weight excluding hydrogens is 414 g/mol. The van der Waals surface area contributed by atoms with Crippen LogP contribution in [0.5, 0.6) is 0 Å². The van der Waals surface area contributed by atoms with Crippen LogP contribution in [-0.2, 0) is 24.4 Å². The minimum Gasteiger partial charge on any atom is -0.444 e. The number of carbonyl (C=O) groups excluding carboxylic acids is 1. The molecule has 0 spiro atoms. The number of carbonyl (C=O) groups is 1. The van der Waals surface area contributed by atoms with Gasteiger partial charge in [0.05, 0.1) is 6.54 Å².